The SMILES string of the molecule is CN(CCc1ccccn1)C(=O)Cc1coc(-c2ccccc2)n1. The quantitative estimate of drug-likeness (QED) is 0.700. The summed E-state index contributed by atoms with van der Waals surface area (Å²) in [6.07, 6.45) is 4.27. The molecular weight excluding hydrogens is 302 g/mol. The zero-order valence-electron chi connectivity index (χ0n) is 13.6. The molecule has 5 heteroatoms. The first-order valence-corrected chi connectivity index (χ1v) is 7.86. The molecule has 2 heterocycles. The zero-order chi connectivity index (χ0) is 16.8. The molecule has 0 aliphatic carbocycles. The number of carbonyl (C=O) groups is 1. The van der Waals surface area contributed by atoms with E-state index in [1.165, 1.54) is 0 Å². The van der Waals surface area contributed by atoms with Crippen LogP contribution in [0.5, 0.6) is 0 Å². The number of oxazole rings is 1. The first-order chi connectivity index (χ1) is 11.7. The molecule has 24 heavy (non-hydrogen) atoms. The number of amides is 1. The highest BCUT2D eigenvalue weighted by molar-refractivity contribution is 5.78. The lowest BCUT2D eigenvalue weighted by Gasteiger charge is -2.16. The number of likely N-dealkylation sites (N-methyl/N-ethyl adjacent to an activating group) is 1. The van der Waals surface area contributed by atoms with Crippen LogP contribution >= 0.6 is 0 Å². The number of hydrogen-bond acceptors (Lipinski definition) is 4. The zero-order valence-corrected chi connectivity index (χ0v) is 13.6. The third-order valence-corrected chi connectivity index (χ3v) is 3.76. The molecule has 122 valence electrons. The van der Waals surface area contributed by atoms with Crippen molar-refractivity contribution in [2.45, 2.75) is 12.8 Å². The van der Waals surface area contributed by atoms with Crippen LogP contribution in [0.15, 0.2) is 65.4 Å². The second-order valence-electron chi connectivity index (χ2n) is 5.57. The second kappa shape index (κ2) is 7.55. The van der Waals surface area contributed by atoms with Crippen LogP contribution in [0.3, 0.4) is 0 Å². The highest BCUT2D eigenvalue weighted by Crippen LogP contribution is 2.18. The Labute approximate surface area is 141 Å². The van der Waals surface area contributed by atoms with Crippen molar-refractivity contribution in [3.8, 4) is 11.5 Å². The van der Waals surface area contributed by atoms with Crippen LogP contribution in [0.1, 0.15) is 11.4 Å². The first kappa shape index (κ1) is 15.9. The normalized spacial score (nSPS) is 10.5. The van der Waals surface area contributed by atoms with E-state index in [0.717, 1.165) is 17.7 Å². The predicted molar refractivity (Wildman–Crippen MR) is 91.2 cm³/mol. The van der Waals surface area contributed by atoms with Crippen molar-refractivity contribution in [3.63, 3.8) is 0 Å². The summed E-state index contributed by atoms with van der Waals surface area (Å²) in [7, 11) is 1.80. The maximum absolute atomic E-state index is 12.3. The van der Waals surface area contributed by atoms with Gasteiger partial charge in [-0.25, -0.2) is 4.98 Å². The van der Waals surface area contributed by atoms with Crippen molar-refractivity contribution < 1.29 is 9.21 Å². The number of carbonyl (C=O) groups excluding carboxylic acids is 1. The minimum Gasteiger partial charge on any atom is -0.444 e. The van der Waals surface area contributed by atoms with Gasteiger partial charge in [0.25, 0.3) is 0 Å². The van der Waals surface area contributed by atoms with Gasteiger partial charge in [-0.2, -0.15) is 0 Å². The highest BCUT2D eigenvalue weighted by Gasteiger charge is 2.14. The average Bonchev–Trinajstić information content (AvgIpc) is 3.10. The Balaban J connectivity index is 1.55. The summed E-state index contributed by atoms with van der Waals surface area (Å²) >= 11 is 0. The van der Waals surface area contributed by atoms with E-state index in [2.05, 4.69) is 9.97 Å². The molecule has 0 unspecified atom stereocenters. The van der Waals surface area contributed by atoms with Crippen molar-refractivity contribution in [2.24, 2.45) is 0 Å². The summed E-state index contributed by atoms with van der Waals surface area (Å²) in [6, 6.07) is 15.4. The monoisotopic (exact) mass is 321 g/mol. The van der Waals surface area contributed by atoms with Crippen molar-refractivity contribution in [1.82, 2.24) is 14.9 Å². The molecule has 0 bridgehead atoms. The van der Waals surface area contributed by atoms with Crippen molar-refractivity contribution in [2.75, 3.05) is 13.6 Å². The molecule has 0 fully saturated rings. The van der Waals surface area contributed by atoms with E-state index < -0.39 is 0 Å². The molecule has 0 radical (unpaired) electrons. The van der Waals surface area contributed by atoms with E-state index in [4.69, 9.17) is 4.42 Å². The van der Waals surface area contributed by atoms with E-state index >= 15 is 0 Å². The maximum atomic E-state index is 12.3. The van der Waals surface area contributed by atoms with Crippen LogP contribution < -0.4 is 0 Å². The standard InChI is InChI=1S/C19H19N3O2/c1-22(12-10-16-9-5-6-11-20-16)18(23)13-17-14-24-19(21-17)15-7-3-2-4-8-15/h2-9,11,14H,10,12-13H2,1H3. The van der Waals surface area contributed by atoms with Crippen LogP contribution in [-0.2, 0) is 17.6 Å². The minimum atomic E-state index is 0.0128. The predicted octanol–water partition coefficient (Wildman–Crippen LogP) is 2.98. The van der Waals surface area contributed by atoms with E-state index in [1.807, 2.05) is 48.5 Å². The Bertz CT molecular complexity index is 785. The van der Waals surface area contributed by atoms with Gasteiger partial charge in [0.1, 0.15) is 6.26 Å². The molecule has 0 aliphatic rings. The van der Waals surface area contributed by atoms with Crippen molar-refractivity contribution >= 4 is 5.91 Å². The number of rotatable bonds is 6. The number of hydrogen-bond donors (Lipinski definition) is 0. The molecule has 0 saturated heterocycles. The largest absolute Gasteiger partial charge is 0.444 e. The molecule has 1 amide bonds. The van der Waals surface area contributed by atoms with Gasteiger partial charge >= 0.3 is 0 Å². The molecule has 3 aromatic rings. The Morgan fingerprint density at radius 1 is 1.08 bits per heavy atom. The number of benzene rings is 1. The lowest BCUT2D eigenvalue weighted by Crippen LogP contribution is -2.30. The molecular formula is C19H19N3O2. The van der Waals surface area contributed by atoms with E-state index in [-0.39, 0.29) is 12.3 Å². The van der Waals surface area contributed by atoms with Crippen molar-refractivity contribution in [1.29, 1.82) is 0 Å². The average molecular weight is 321 g/mol. The third-order valence-electron chi connectivity index (χ3n) is 3.76. The first-order valence-electron chi connectivity index (χ1n) is 7.86. The number of aromatic nitrogens is 2. The van der Waals surface area contributed by atoms with Gasteiger partial charge in [-0.05, 0) is 24.3 Å². The second-order valence-corrected chi connectivity index (χ2v) is 5.57. The number of nitrogens with zero attached hydrogens (tertiary/aromatic N) is 3. The summed E-state index contributed by atoms with van der Waals surface area (Å²) in [4.78, 5) is 22.7. The fourth-order valence-corrected chi connectivity index (χ4v) is 2.34. The van der Waals surface area contributed by atoms with Gasteiger partial charge in [0, 0.05) is 37.5 Å². The maximum Gasteiger partial charge on any atom is 0.228 e. The Hall–Kier alpha value is -2.95. The fraction of sp³-hybridized carbons (Fsp3) is 0.211. The Morgan fingerprint density at radius 3 is 2.62 bits per heavy atom. The lowest BCUT2D eigenvalue weighted by molar-refractivity contribution is -0.129. The van der Waals surface area contributed by atoms with Gasteiger partial charge < -0.3 is 9.32 Å². The van der Waals surface area contributed by atoms with Gasteiger partial charge in [-0.1, -0.05) is 24.3 Å². The van der Waals surface area contributed by atoms with Crippen LogP contribution in [0.4, 0.5) is 0 Å². The molecule has 2 aromatic heterocycles. The van der Waals surface area contributed by atoms with E-state index in [9.17, 15) is 4.79 Å². The van der Waals surface area contributed by atoms with E-state index in [0.29, 0.717) is 18.1 Å². The summed E-state index contributed by atoms with van der Waals surface area (Å²) in [5.41, 5.74) is 2.52. The van der Waals surface area contributed by atoms with Gasteiger partial charge in [0.05, 0.1) is 12.1 Å². The molecule has 5 nitrogen and oxygen atoms in total. The fourth-order valence-electron chi connectivity index (χ4n) is 2.34. The molecule has 0 atom stereocenters. The summed E-state index contributed by atoms with van der Waals surface area (Å²) in [5, 5.41) is 0. The molecule has 0 aliphatic heterocycles. The topological polar surface area (TPSA) is 59.2 Å². The van der Waals surface area contributed by atoms with Gasteiger partial charge in [0.2, 0.25) is 11.8 Å². The number of pyridine rings is 1. The van der Waals surface area contributed by atoms with Gasteiger partial charge in [0.15, 0.2) is 0 Å². The van der Waals surface area contributed by atoms with Crippen LogP contribution in [0, 0.1) is 0 Å². The Kier molecular flexibility index (Phi) is 5.01. The van der Waals surface area contributed by atoms with E-state index in [1.54, 1.807) is 24.4 Å². The lowest BCUT2D eigenvalue weighted by atomic mass is 10.2. The van der Waals surface area contributed by atoms with Crippen LogP contribution in [-0.4, -0.2) is 34.4 Å². The Morgan fingerprint density at radius 2 is 1.88 bits per heavy atom. The van der Waals surface area contributed by atoms with Gasteiger partial charge in [-0.15, -0.1) is 0 Å². The molecule has 1 aromatic carbocycles. The molecule has 0 saturated carbocycles. The molecule has 3 rings (SSSR count). The van der Waals surface area contributed by atoms with Crippen molar-refractivity contribution in [3.05, 3.63) is 72.4 Å². The van der Waals surface area contributed by atoms with Crippen LogP contribution in [0.25, 0.3) is 11.5 Å². The van der Waals surface area contributed by atoms with Gasteiger partial charge in [-0.3, -0.25) is 9.78 Å². The summed E-state index contributed by atoms with van der Waals surface area (Å²) in [6.45, 7) is 0.624. The smallest absolute Gasteiger partial charge is 0.228 e. The molecule has 0 N–H and O–H groups in total. The summed E-state index contributed by atoms with van der Waals surface area (Å²) < 4.78 is 5.47. The summed E-state index contributed by atoms with van der Waals surface area (Å²) in [5.74, 6) is 0.549. The molecule has 0 spiro atoms. The van der Waals surface area contributed by atoms with Crippen LogP contribution in [0.2, 0.25) is 0 Å². The highest BCUT2D eigenvalue weighted by atomic mass is 16.3. The minimum absolute atomic E-state index is 0.0128. The third kappa shape index (κ3) is 4.07.